The van der Waals surface area contributed by atoms with E-state index in [9.17, 15) is 9.59 Å². The molecule has 1 fully saturated rings. The van der Waals surface area contributed by atoms with Crippen LogP contribution in [0.4, 0.5) is 4.79 Å². The number of hydrogen-bond acceptors (Lipinski definition) is 6. The summed E-state index contributed by atoms with van der Waals surface area (Å²) in [4.78, 5) is 30.8. The molecule has 0 N–H and O–H groups in total. The lowest BCUT2D eigenvalue weighted by Gasteiger charge is -2.27. The largest absolute Gasteiger partial charge is 0.469 e. The number of rotatable bonds is 4. The van der Waals surface area contributed by atoms with Crippen molar-refractivity contribution in [3.8, 4) is 0 Å². The number of ether oxygens (including phenoxy) is 2. The molecule has 1 aliphatic heterocycles. The molecule has 1 aromatic heterocycles. The van der Waals surface area contributed by atoms with E-state index in [-0.39, 0.29) is 18.1 Å². The van der Waals surface area contributed by atoms with E-state index in [4.69, 9.17) is 4.74 Å². The molecule has 1 aliphatic rings. The fraction of sp³-hybridized carbons (Fsp3) is 0.688. The molecule has 0 bridgehead atoms. The van der Waals surface area contributed by atoms with Gasteiger partial charge < -0.3 is 9.47 Å². The van der Waals surface area contributed by atoms with Crippen LogP contribution >= 0.6 is 11.3 Å². The van der Waals surface area contributed by atoms with Crippen molar-refractivity contribution >= 4 is 23.4 Å². The molecule has 23 heavy (non-hydrogen) atoms. The summed E-state index contributed by atoms with van der Waals surface area (Å²) in [6.07, 6.45) is 4.30. The normalized spacial score (nSPS) is 18.1. The Bertz CT molecular complexity index is 565. The minimum Gasteiger partial charge on any atom is -0.469 e. The van der Waals surface area contributed by atoms with Crippen molar-refractivity contribution in [3.63, 3.8) is 0 Å². The summed E-state index contributed by atoms with van der Waals surface area (Å²) in [5.74, 6) is -0.226. The summed E-state index contributed by atoms with van der Waals surface area (Å²) in [5, 5.41) is 0.910. The Balaban J connectivity index is 2.01. The number of thiazole rings is 1. The van der Waals surface area contributed by atoms with Crippen LogP contribution in [0.3, 0.4) is 0 Å². The van der Waals surface area contributed by atoms with Crippen LogP contribution in [0.1, 0.15) is 56.0 Å². The molecule has 1 unspecified atom stereocenters. The highest BCUT2D eigenvalue weighted by atomic mass is 32.1. The molecule has 0 aromatic carbocycles. The monoisotopic (exact) mass is 340 g/mol. The molecule has 0 radical (unpaired) electrons. The molecule has 1 aromatic rings. The lowest BCUT2D eigenvalue weighted by Crippen LogP contribution is -2.36. The molecular weight excluding hydrogens is 316 g/mol. The van der Waals surface area contributed by atoms with Gasteiger partial charge in [-0.3, -0.25) is 9.69 Å². The number of carbonyl (C=O) groups excluding carboxylic acids is 2. The Kier molecular flexibility index (Phi) is 5.62. The Hall–Kier alpha value is -1.63. The summed E-state index contributed by atoms with van der Waals surface area (Å²) in [6, 6.07) is -0.0262. The highest BCUT2D eigenvalue weighted by Crippen LogP contribution is 2.35. The minimum absolute atomic E-state index is 0.0262. The maximum Gasteiger partial charge on any atom is 0.410 e. The molecule has 1 atom stereocenters. The van der Waals surface area contributed by atoms with Crippen LogP contribution in [0.2, 0.25) is 0 Å². The summed E-state index contributed by atoms with van der Waals surface area (Å²) >= 11 is 1.55. The maximum absolute atomic E-state index is 12.3. The molecule has 0 spiro atoms. The van der Waals surface area contributed by atoms with Crippen LogP contribution in [-0.2, 0) is 20.7 Å². The highest BCUT2D eigenvalue weighted by Gasteiger charge is 2.34. The van der Waals surface area contributed by atoms with E-state index in [2.05, 4.69) is 9.72 Å². The second-order valence-electron chi connectivity index (χ2n) is 6.57. The zero-order valence-corrected chi connectivity index (χ0v) is 14.9. The van der Waals surface area contributed by atoms with E-state index in [0.29, 0.717) is 19.4 Å². The van der Waals surface area contributed by atoms with Gasteiger partial charge in [-0.15, -0.1) is 11.3 Å². The Morgan fingerprint density at radius 2 is 2.17 bits per heavy atom. The average molecular weight is 340 g/mol. The van der Waals surface area contributed by atoms with Gasteiger partial charge in [0.05, 0.1) is 19.6 Å². The van der Waals surface area contributed by atoms with Gasteiger partial charge in [0, 0.05) is 17.6 Å². The summed E-state index contributed by atoms with van der Waals surface area (Å²) in [7, 11) is 1.39. The quantitative estimate of drug-likeness (QED) is 0.787. The fourth-order valence-electron chi connectivity index (χ4n) is 2.48. The van der Waals surface area contributed by atoms with E-state index < -0.39 is 5.60 Å². The zero-order chi connectivity index (χ0) is 17.0. The molecule has 0 aliphatic carbocycles. The number of esters is 1. The van der Waals surface area contributed by atoms with Gasteiger partial charge in [0.2, 0.25) is 0 Å². The van der Waals surface area contributed by atoms with Crippen molar-refractivity contribution in [2.24, 2.45) is 0 Å². The first-order chi connectivity index (χ1) is 10.8. The zero-order valence-electron chi connectivity index (χ0n) is 14.1. The maximum atomic E-state index is 12.3. The van der Waals surface area contributed by atoms with Crippen LogP contribution in [-0.4, -0.2) is 41.2 Å². The second kappa shape index (κ2) is 7.29. The van der Waals surface area contributed by atoms with Crippen LogP contribution in [0.15, 0.2) is 6.20 Å². The minimum atomic E-state index is -0.501. The van der Waals surface area contributed by atoms with Gasteiger partial charge in [-0.1, -0.05) is 0 Å². The van der Waals surface area contributed by atoms with E-state index in [1.54, 1.807) is 22.4 Å². The van der Waals surface area contributed by atoms with Crippen molar-refractivity contribution in [2.45, 2.75) is 58.1 Å². The van der Waals surface area contributed by atoms with Crippen LogP contribution in [0.5, 0.6) is 0 Å². The first-order valence-corrected chi connectivity index (χ1v) is 8.63. The second-order valence-corrected chi connectivity index (χ2v) is 7.72. The van der Waals surface area contributed by atoms with Crippen molar-refractivity contribution in [2.75, 3.05) is 13.7 Å². The van der Waals surface area contributed by atoms with E-state index >= 15 is 0 Å². The lowest BCUT2D eigenvalue weighted by atomic mass is 10.2. The number of aryl methyl sites for hydroxylation is 1. The molecule has 1 amide bonds. The van der Waals surface area contributed by atoms with Crippen LogP contribution < -0.4 is 0 Å². The van der Waals surface area contributed by atoms with Gasteiger partial charge >= 0.3 is 12.1 Å². The van der Waals surface area contributed by atoms with Crippen LogP contribution in [0, 0.1) is 0 Å². The fourth-order valence-corrected chi connectivity index (χ4v) is 3.55. The number of aromatic nitrogens is 1. The average Bonchev–Trinajstić information content (AvgIpc) is 3.11. The molecule has 7 heteroatoms. The first-order valence-electron chi connectivity index (χ1n) is 7.81. The predicted molar refractivity (Wildman–Crippen MR) is 87.4 cm³/mol. The number of hydrogen-bond donors (Lipinski definition) is 0. The predicted octanol–water partition coefficient (Wildman–Crippen LogP) is 3.32. The number of methoxy groups -OCH3 is 1. The Morgan fingerprint density at radius 3 is 2.83 bits per heavy atom. The van der Waals surface area contributed by atoms with Crippen molar-refractivity contribution in [1.82, 2.24) is 9.88 Å². The van der Waals surface area contributed by atoms with Crippen molar-refractivity contribution < 1.29 is 19.1 Å². The van der Waals surface area contributed by atoms with Gasteiger partial charge in [-0.05, 0) is 40.0 Å². The third kappa shape index (κ3) is 4.92. The highest BCUT2D eigenvalue weighted by molar-refractivity contribution is 7.11. The molecular formula is C16H24N2O4S. The van der Waals surface area contributed by atoms with Gasteiger partial charge in [-0.25, -0.2) is 9.78 Å². The lowest BCUT2D eigenvalue weighted by molar-refractivity contribution is -0.140. The Labute approximate surface area is 140 Å². The van der Waals surface area contributed by atoms with E-state index in [0.717, 1.165) is 22.7 Å². The molecule has 6 nitrogen and oxygen atoms in total. The standard InChI is InChI=1S/C16H24N2O4S/c1-16(2,3)22-15(20)18-9-5-6-12(18)14-17-10-11(23-14)7-8-13(19)21-4/h10,12H,5-9H2,1-4H3. The molecule has 1 saturated heterocycles. The molecule has 128 valence electrons. The third-order valence-corrected chi connectivity index (χ3v) is 4.70. The van der Waals surface area contributed by atoms with E-state index in [1.807, 2.05) is 20.8 Å². The Morgan fingerprint density at radius 1 is 1.43 bits per heavy atom. The third-order valence-electron chi connectivity index (χ3n) is 3.54. The molecule has 2 rings (SSSR count). The smallest absolute Gasteiger partial charge is 0.410 e. The number of amides is 1. The number of likely N-dealkylation sites (tertiary alicyclic amines) is 1. The summed E-state index contributed by atoms with van der Waals surface area (Å²) in [6.45, 7) is 6.29. The van der Waals surface area contributed by atoms with Gasteiger partial charge in [0.15, 0.2) is 0 Å². The molecule has 0 saturated carbocycles. The summed E-state index contributed by atoms with van der Waals surface area (Å²) in [5.41, 5.74) is -0.501. The number of carbonyl (C=O) groups is 2. The topological polar surface area (TPSA) is 68.7 Å². The van der Waals surface area contributed by atoms with Gasteiger partial charge in [0.25, 0.3) is 0 Å². The number of nitrogens with zero attached hydrogens (tertiary/aromatic N) is 2. The first kappa shape index (κ1) is 17.7. The SMILES string of the molecule is COC(=O)CCc1cnc(C2CCCN2C(=O)OC(C)(C)C)s1. The summed E-state index contributed by atoms with van der Waals surface area (Å²) < 4.78 is 10.1. The van der Waals surface area contributed by atoms with E-state index in [1.165, 1.54) is 7.11 Å². The van der Waals surface area contributed by atoms with Gasteiger partial charge in [-0.2, -0.15) is 0 Å². The van der Waals surface area contributed by atoms with Crippen molar-refractivity contribution in [3.05, 3.63) is 16.1 Å². The molecule has 2 heterocycles. The van der Waals surface area contributed by atoms with Crippen molar-refractivity contribution in [1.29, 1.82) is 0 Å². The van der Waals surface area contributed by atoms with Gasteiger partial charge in [0.1, 0.15) is 10.6 Å². The van der Waals surface area contributed by atoms with Crippen LogP contribution in [0.25, 0.3) is 0 Å².